The van der Waals surface area contributed by atoms with Crippen LogP contribution in [0.3, 0.4) is 0 Å². The lowest BCUT2D eigenvalue weighted by Gasteiger charge is -2.32. The molecule has 2 rings (SSSR count). The zero-order chi connectivity index (χ0) is 16.8. The summed E-state index contributed by atoms with van der Waals surface area (Å²) >= 11 is 17.8. The van der Waals surface area contributed by atoms with Gasteiger partial charge in [-0.15, -0.1) is 0 Å². The molecule has 1 amide bonds. The molecule has 7 heteroatoms. The Labute approximate surface area is 152 Å². The standard InChI is InChI=1S/C16H21Cl3N2O2/c1-20-5-2-11-3-6-21(7-4-11)16(22)10-23-15-9-13(18)12(17)8-14(15)19/h8-9,11,20H,2-7,10H2,1H3. The number of piperidine rings is 1. The zero-order valence-corrected chi connectivity index (χ0v) is 15.3. The zero-order valence-electron chi connectivity index (χ0n) is 13.1. The first-order chi connectivity index (χ1) is 11.0. The van der Waals surface area contributed by atoms with Crippen molar-refractivity contribution in [2.75, 3.05) is 33.3 Å². The molecule has 23 heavy (non-hydrogen) atoms. The van der Waals surface area contributed by atoms with Crippen molar-refractivity contribution in [1.29, 1.82) is 0 Å². The van der Waals surface area contributed by atoms with Crippen LogP contribution < -0.4 is 10.1 Å². The highest BCUT2D eigenvalue weighted by Crippen LogP contribution is 2.33. The molecule has 1 N–H and O–H groups in total. The Balaban J connectivity index is 1.81. The summed E-state index contributed by atoms with van der Waals surface area (Å²) in [6, 6.07) is 3.04. The number of hydrogen-bond acceptors (Lipinski definition) is 3. The Morgan fingerprint density at radius 2 is 1.87 bits per heavy atom. The van der Waals surface area contributed by atoms with Crippen molar-refractivity contribution in [3.8, 4) is 5.75 Å². The third-order valence-corrected chi connectivity index (χ3v) is 5.11. The third-order valence-electron chi connectivity index (χ3n) is 4.10. The number of amides is 1. The van der Waals surface area contributed by atoms with Gasteiger partial charge in [-0.05, 0) is 44.8 Å². The lowest BCUT2D eigenvalue weighted by atomic mass is 9.93. The predicted octanol–water partition coefficient (Wildman–Crippen LogP) is 3.87. The molecule has 0 spiro atoms. The van der Waals surface area contributed by atoms with Crippen LogP contribution in [0.2, 0.25) is 15.1 Å². The summed E-state index contributed by atoms with van der Waals surface area (Å²) in [6.07, 6.45) is 3.25. The number of carbonyl (C=O) groups is 1. The molecule has 1 saturated heterocycles. The van der Waals surface area contributed by atoms with Gasteiger partial charge in [-0.1, -0.05) is 34.8 Å². The van der Waals surface area contributed by atoms with Crippen molar-refractivity contribution >= 4 is 40.7 Å². The van der Waals surface area contributed by atoms with Gasteiger partial charge in [0.05, 0.1) is 15.1 Å². The Hall–Kier alpha value is -0.680. The topological polar surface area (TPSA) is 41.6 Å². The third kappa shape index (κ3) is 5.42. The second-order valence-electron chi connectivity index (χ2n) is 5.70. The second-order valence-corrected chi connectivity index (χ2v) is 6.92. The van der Waals surface area contributed by atoms with Crippen molar-refractivity contribution in [1.82, 2.24) is 10.2 Å². The van der Waals surface area contributed by atoms with Crippen molar-refractivity contribution in [3.05, 3.63) is 27.2 Å². The molecule has 0 bridgehead atoms. The molecule has 128 valence electrons. The van der Waals surface area contributed by atoms with E-state index in [9.17, 15) is 4.79 Å². The smallest absolute Gasteiger partial charge is 0.260 e. The summed E-state index contributed by atoms with van der Waals surface area (Å²) < 4.78 is 5.50. The molecular weight excluding hydrogens is 359 g/mol. The van der Waals surface area contributed by atoms with E-state index in [0.717, 1.165) is 38.9 Å². The van der Waals surface area contributed by atoms with Crippen LogP contribution >= 0.6 is 34.8 Å². The minimum absolute atomic E-state index is 0.0285. The minimum Gasteiger partial charge on any atom is -0.482 e. The van der Waals surface area contributed by atoms with Gasteiger partial charge < -0.3 is 15.0 Å². The normalized spacial score (nSPS) is 15.7. The van der Waals surface area contributed by atoms with Gasteiger partial charge in [-0.3, -0.25) is 4.79 Å². The molecule has 0 atom stereocenters. The fraction of sp³-hybridized carbons (Fsp3) is 0.562. The monoisotopic (exact) mass is 378 g/mol. The molecule has 0 unspecified atom stereocenters. The number of benzene rings is 1. The van der Waals surface area contributed by atoms with E-state index in [1.807, 2.05) is 11.9 Å². The van der Waals surface area contributed by atoms with Crippen LogP contribution in [-0.4, -0.2) is 44.1 Å². The van der Waals surface area contributed by atoms with E-state index in [2.05, 4.69) is 5.32 Å². The Kier molecular flexibility index (Phi) is 7.28. The molecule has 0 aliphatic carbocycles. The van der Waals surface area contributed by atoms with Gasteiger partial charge in [0, 0.05) is 19.2 Å². The summed E-state index contributed by atoms with van der Waals surface area (Å²) in [4.78, 5) is 14.1. The van der Waals surface area contributed by atoms with Crippen molar-refractivity contribution < 1.29 is 9.53 Å². The van der Waals surface area contributed by atoms with Gasteiger partial charge in [-0.25, -0.2) is 0 Å². The van der Waals surface area contributed by atoms with Crippen LogP contribution in [0.4, 0.5) is 0 Å². The Bertz CT molecular complexity index is 546. The first-order valence-electron chi connectivity index (χ1n) is 7.71. The molecule has 0 saturated carbocycles. The first kappa shape index (κ1) is 18.7. The molecular formula is C16H21Cl3N2O2. The average Bonchev–Trinajstić information content (AvgIpc) is 2.55. The van der Waals surface area contributed by atoms with Crippen LogP contribution in [0.15, 0.2) is 12.1 Å². The summed E-state index contributed by atoms with van der Waals surface area (Å²) in [5.74, 6) is 1.04. The summed E-state index contributed by atoms with van der Waals surface area (Å²) in [5.41, 5.74) is 0. The van der Waals surface area contributed by atoms with E-state index >= 15 is 0 Å². The van der Waals surface area contributed by atoms with Gasteiger partial charge in [-0.2, -0.15) is 0 Å². The average molecular weight is 380 g/mol. The highest BCUT2D eigenvalue weighted by Gasteiger charge is 2.23. The largest absolute Gasteiger partial charge is 0.482 e. The lowest BCUT2D eigenvalue weighted by Crippen LogP contribution is -2.41. The fourth-order valence-electron chi connectivity index (χ4n) is 2.67. The van der Waals surface area contributed by atoms with Crippen LogP contribution in [0.1, 0.15) is 19.3 Å². The number of nitrogens with one attached hydrogen (secondary N) is 1. The quantitative estimate of drug-likeness (QED) is 0.763. The van der Waals surface area contributed by atoms with Gasteiger partial charge in [0.2, 0.25) is 0 Å². The summed E-state index contributed by atoms with van der Waals surface area (Å²) in [6.45, 7) is 2.55. The lowest BCUT2D eigenvalue weighted by molar-refractivity contribution is -0.134. The molecule has 4 nitrogen and oxygen atoms in total. The summed E-state index contributed by atoms with van der Waals surface area (Å²) in [7, 11) is 1.96. The number of halogens is 3. The van der Waals surface area contributed by atoms with E-state index in [1.54, 1.807) is 0 Å². The van der Waals surface area contributed by atoms with Gasteiger partial charge >= 0.3 is 0 Å². The van der Waals surface area contributed by atoms with Gasteiger partial charge in [0.1, 0.15) is 5.75 Å². The maximum atomic E-state index is 12.2. The highest BCUT2D eigenvalue weighted by molar-refractivity contribution is 6.43. The minimum atomic E-state index is -0.0428. The van der Waals surface area contributed by atoms with Crippen LogP contribution in [0.25, 0.3) is 0 Å². The molecule has 0 radical (unpaired) electrons. The number of nitrogens with zero attached hydrogens (tertiary/aromatic N) is 1. The van der Waals surface area contributed by atoms with E-state index in [-0.39, 0.29) is 12.5 Å². The van der Waals surface area contributed by atoms with Crippen LogP contribution in [-0.2, 0) is 4.79 Å². The van der Waals surface area contributed by atoms with Gasteiger partial charge in [0.25, 0.3) is 5.91 Å². The van der Waals surface area contributed by atoms with Crippen molar-refractivity contribution in [2.24, 2.45) is 5.92 Å². The Morgan fingerprint density at radius 3 is 2.52 bits per heavy atom. The summed E-state index contributed by atoms with van der Waals surface area (Å²) in [5, 5.41) is 4.22. The molecule has 1 aliphatic rings. The molecule has 1 aromatic carbocycles. The maximum Gasteiger partial charge on any atom is 0.260 e. The predicted molar refractivity (Wildman–Crippen MR) is 94.8 cm³/mol. The SMILES string of the molecule is CNCCC1CCN(C(=O)COc2cc(Cl)c(Cl)cc2Cl)CC1. The number of carbonyl (C=O) groups excluding carboxylic acids is 1. The fourth-order valence-corrected chi connectivity index (χ4v) is 3.26. The molecule has 1 aliphatic heterocycles. The molecule has 1 heterocycles. The van der Waals surface area contributed by atoms with Crippen LogP contribution in [0, 0.1) is 5.92 Å². The second kappa shape index (κ2) is 8.97. The Morgan fingerprint density at radius 1 is 1.22 bits per heavy atom. The molecule has 0 aromatic heterocycles. The molecule has 1 aromatic rings. The number of ether oxygens (including phenoxy) is 1. The first-order valence-corrected chi connectivity index (χ1v) is 8.84. The maximum absolute atomic E-state index is 12.2. The number of likely N-dealkylation sites (tertiary alicyclic amines) is 1. The van der Waals surface area contributed by atoms with E-state index in [4.69, 9.17) is 39.5 Å². The number of rotatable bonds is 6. The van der Waals surface area contributed by atoms with Crippen LogP contribution in [0.5, 0.6) is 5.75 Å². The highest BCUT2D eigenvalue weighted by atomic mass is 35.5. The van der Waals surface area contributed by atoms with Crippen molar-refractivity contribution in [3.63, 3.8) is 0 Å². The van der Waals surface area contributed by atoms with E-state index in [1.165, 1.54) is 12.1 Å². The van der Waals surface area contributed by atoms with Gasteiger partial charge in [0.15, 0.2) is 6.61 Å². The van der Waals surface area contributed by atoms with E-state index in [0.29, 0.717) is 26.7 Å². The van der Waals surface area contributed by atoms with E-state index < -0.39 is 0 Å². The molecule has 1 fully saturated rings. The number of hydrogen-bond donors (Lipinski definition) is 1. The van der Waals surface area contributed by atoms with Crippen molar-refractivity contribution in [2.45, 2.75) is 19.3 Å².